The minimum Gasteiger partial charge on any atom is -0.508 e. The second-order valence-corrected chi connectivity index (χ2v) is 9.41. The summed E-state index contributed by atoms with van der Waals surface area (Å²) < 4.78 is 33.9. The van der Waals surface area contributed by atoms with E-state index in [1.54, 1.807) is 23.1 Å². The van der Waals surface area contributed by atoms with E-state index in [1.165, 1.54) is 11.9 Å². The van der Waals surface area contributed by atoms with Crippen LogP contribution >= 0.6 is 0 Å². The molecule has 4 aromatic rings. The molecule has 1 N–H and O–H groups in total. The lowest BCUT2D eigenvalue weighted by Crippen LogP contribution is -2.06. The van der Waals surface area contributed by atoms with Crippen molar-refractivity contribution in [3.63, 3.8) is 0 Å². The quantitative estimate of drug-likeness (QED) is 0.332. The Balaban J connectivity index is 0.000000211. The Bertz CT molecular complexity index is 1230. The predicted molar refractivity (Wildman–Crippen MR) is 134 cm³/mol. The van der Waals surface area contributed by atoms with Crippen LogP contribution < -0.4 is 4.74 Å². The molecule has 4 rings (SSSR count). The highest BCUT2D eigenvalue weighted by Gasteiger charge is 2.02. The zero-order chi connectivity index (χ0) is 24.9. The van der Waals surface area contributed by atoms with Gasteiger partial charge in [0.05, 0.1) is 12.9 Å². The average Bonchev–Trinajstić information content (AvgIpc) is 3.37. The summed E-state index contributed by atoms with van der Waals surface area (Å²) in [6, 6.07) is 24.7. The molecule has 1 aromatic heterocycles. The molecular weight excluding hydrogens is 466 g/mol. The fourth-order valence-electron chi connectivity index (χ4n) is 3.06. The van der Waals surface area contributed by atoms with Crippen molar-refractivity contribution in [1.29, 1.82) is 0 Å². The number of nitrogens with zero attached hydrogens (tertiary/aromatic N) is 3. The van der Waals surface area contributed by atoms with Gasteiger partial charge in [-0.2, -0.15) is 13.5 Å². The van der Waals surface area contributed by atoms with Gasteiger partial charge in [-0.25, -0.2) is 4.98 Å². The molecule has 0 amide bonds. The van der Waals surface area contributed by atoms with E-state index in [1.807, 2.05) is 66.7 Å². The molecule has 184 valence electrons. The molecule has 0 saturated heterocycles. The van der Waals surface area contributed by atoms with E-state index < -0.39 is 10.1 Å². The average molecular weight is 496 g/mol. The van der Waals surface area contributed by atoms with Crippen LogP contribution in [0.2, 0.25) is 0 Å². The van der Waals surface area contributed by atoms with E-state index in [0.717, 1.165) is 36.1 Å². The lowest BCUT2D eigenvalue weighted by Gasteiger charge is -2.07. The lowest BCUT2D eigenvalue weighted by atomic mass is 10.1. The molecule has 0 bridgehead atoms. The number of aromatic nitrogens is 3. The monoisotopic (exact) mass is 495 g/mol. The first-order valence-corrected chi connectivity index (χ1v) is 12.9. The van der Waals surface area contributed by atoms with Crippen molar-refractivity contribution in [1.82, 2.24) is 14.8 Å². The molecule has 0 aliphatic carbocycles. The lowest BCUT2D eigenvalue weighted by molar-refractivity contribution is 0.305. The molecule has 0 radical (unpaired) electrons. The first-order valence-electron chi connectivity index (χ1n) is 11.1. The van der Waals surface area contributed by atoms with Gasteiger partial charge in [0.15, 0.2) is 0 Å². The van der Waals surface area contributed by atoms with Crippen LogP contribution in [-0.2, 0) is 40.3 Å². The second kappa shape index (κ2) is 13.3. The Morgan fingerprint density at radius 2 is 1.51 bits per heavy atom. The van der Waals surface area contributed by atoms with Crippen molar-refractivity contribution in [2.45, 2.75) is 26.0 Å². The highest BCUT2D eigenvalue weighted by Crippen LogP contribution is 2.15. The molecule has 0 aliphatic heterocycles. The maximum absolute atomic E-state index is 10.9. The second-order valence-electron chi connectivity index (χ2n) is 7.77. The van der Waals surface area contributed by atoms with E-state index in [-0.39, 0.29) is 6.61 Å². The fraction of sp³-hybridized carbons (Fsp3) is 0.231. The smallest absolute Gasteiger partial charge is 0.264 e. The van der Waals surface area contributed by atoms with Gasteiger partial charge in [-0.3, -0.25) is 8.86 Å². The molecule has 0 fully saturated rings. The van der Waals surface area contributed by atoms with Gasteiger partial charge in [-0.15, -0.1) is 0 Å². The molecular formula is C26H29N3O5S. The Morgan fingerprint density at radius 1 is 0.857 bits per heavy atom. The van der Waals surface area contributed by atoms with Gasteiger partial charge < -0.3 is 9.84 Å². The molecule has 1 heterocycles. The van der Waals surface area contributed by atoms with Crippen molar-refractivity contribution in [2.24, 2.45) is 0 Å². The van der Waals surface area contributed by atoms with Gasteiger partial charge in [-0.05, 0) is 53.8 Å². The van der Waals surface area contributed by atoms with Crippen LogP contribution in [0, 0.1) is 0 Å². The van der Waals surface area contributed by atoms with Crippen LogP contribution in [-0.4, -0.2) is 41.2 Å². The molecule has 0 saturated carbocycles. The Kier molecular flexibility index (Phi) is 9.82. The fourth-order valence-corrected chi connectivity index (χ4v) is 3.44. The number of rotatable bonds is 10. The normalized spacial score (nSPS) is 10.9. The molecule has 8 nitrogen and oxygen atoms in total. The van der Waals surface area contributed by atoms with Gasteiger partial charge in [0, 0.05) is 6.54 Å². The molecule has 0 aliphatic rings. The highest BCUT2D eigenvalue weighted by molar-refractivity contribution is 7.85. The van der Waals surface area contributed by atoms with Crippen LogP contribution in [0.25, 0.3) is 0 Å². The summed E-state index contributed by atoms with van der Waals surface area (Å²) in [7, 11) is -3.37. The van der Waals surface area contributed by atoms with Crippen molar-refractivity contribution < 1.29 is 22.4 Å². The largest absolute Gasteiger partial charge is 0.508 e. The van der Waals surface area contributed by atoms with Gasteiger partial charge in [-0.1, -0.05) is 54.6 Å². The topological polar surface area (TPSA) is 104 Å². The highest BCUT2D eigenvalue weighted by atomic mass is 32.2. The van der Waals surface area contributed by atoms with Crippen LogP contribution in [0.5, 0.6) is 11.5 Å². The molecule has 9 heteroatoms. The van der Waals surface area contributed by atoms with Crippen LogP contribution in [0.3, 0.4) is 0 Å². The van der Waals surface area contributed by atoms with Gasteiger partial charge in [0.1, 0.15) is 30.8 Å². The number of hydrogen-bond acceptors (Lipinski definition) is 7. The maximum atomic E-state index is 10.9. The zero-order valence-corrected chi connectivity index (χ0v) is 20.3. The number of ether oxygens (including phenoxy) is 1. The van der Waals surface area contributed by atoms with E-state index in [9.17, 15) is 8.42 Å². The molecule has 0 spiro atoms. The van der Waals surface area contributed by atoms with Crippen LogP contribution in [0.15, 0.2) is 91.5 Å². The summed E-state index contributed by atoms with van der Waals surface area (Å²) in [6.07, 6.45) is 5.71. The third-order valence-corrected chi connectivity index (χ3v) is 5.49. The van der Waals surface area contributed by atoms with Gasteiger partial charge >= 0.3 is 0 Å². The number of phenols is 1. The Labute approximate surface area is 205 Å². The summed E-state index contributed by atoms with van der Waals surface area (Å²) >= 11 is 0. The van der Waals surface area contributed by atoms with Crippen molar-refractivity contribution in [3.8, 4) is 11.5 Å². The first kappa shape index (κ1) is 25.9. The van der Waals surface area contributed by atoms with E-state index >= 15 is 0 Å². The molecule has 3 aromatic carbocycles. The minimum absolute atomic E-state index is 0.156. The number of hydrogen-bond donors (Lipinski definition) is 1. The Hall–Kier alpha value is -3.69. The van der Waals surface area contributed by atoms with Crippen LogP contribution in [0.4, 0.5) is 0 Å². The molecule has 35 heavy (non-hydrogen) atoms. The van der Waals surface area contributed by atoms with E-state index in [2.05, 4.69) is 10.1 Å². The first-order chi connectivity index (χ1) is 16.9. The Morgan fingerprint density at radius 3 is 2.14 bits per heavy atom. The molecule has 0 unspecified atom stereocenters. The van der Waals surface area contributed by atoms with E-state index in [4.69, 9.17) is 14.0 Å². The van der Waals surface area contributed by atoms with Crippen molar-refractivity contribution >= 4 is 10.1 Å². The summed E-state index contributed by atoms with van der Waals surface area (Å²) in [5.74, 6) is 1.08. The predicted octanol–water partition coefficient (Wildman–Crippen LogP) is 4.01. The summed E-state index contributed by atoms with van der Waals surface area (Å²) in [5.41, 5.74) is 3.30. The van der Waals surface area contributed by atoms with Crippen LogP contribution in [0.1, 0.15) is 16.7 Å². The maximum Gasteiger partial charge on any atom is 0.264 e. The summed E-state index contributed by atoms with van der Waals surface area (Å²) in [6.45, 7) is 1.49. The third kappa shape index (κ3) is 10.4. The van der Waals surface area contributed by atoms with E-state index in [0.29, 0.717) is 18.8 Å². The SMILES string of the molecule is CS(=O)(=O)OCCc1ccc(OCc2ccccc2)cc1.Oc1ccc(CCn2cncn2)cc1. The van der Waals surface area contributed by atoms with Crippen molar-refractivity contribution in [2.75, 3.05) is 12.9 Å². The van der Waals surface area contributed by atoms with Crippen molar-refractivity contribution in [3.05, 3.63) is 108 Å². The number of phenolic OH excluding ortho intramolecular Hbond substituents is 1. The third-order valence-electron chi connectivity index (χ3n) is 4.89. The standard InChI is InChI=1S/C16H18O4S.C10H11N3O/c1-21(17,18)20-12-11-14-7-9-16(10-8-14)19-13-15-5-3-2-4-6-15;14-10-3-1-9(2-4-10)5-6-13-8-11-7-12-13/h2-10H,11-13H2,1H3;1-4,7-8,14H,5-6H2. The number of aromatic hydroxyl groups is 1. The molecule has 0 atom stereocenters. The zero-order valence-electron chi connectivity index (χ0n) is 19.5. The summed E-state index contributed by atoms with van der Waals surface area (Å²) in [4.78, 5) is 3.86. The minimum atomic E-state index is -3.37. The van der Waals surface area contributed by atoms with Gasteiger partial charge in [0.25, 0.3) is 10.1 Å². The van der Waals surface area contributed by atoms with Gasteiger partial charge in [0.2, 0.25) is 0 Å². The summed E-state index contributed by atoms with van der Waals surface area (Å²) in [5, 5.41) is 13.1. The number of aryl methyl sites for hydroxylation is 2. The number of benzene rings is 3.